The summed E-state index contributed by atoms with van der Waals surface area (Å²) in [6, 6.07) is 10.3. The highest BCUT2D eigenvalue weighted by molar-refractivity contribution is 6.03. The lowest BCUT2D eigenvalue weighted by atomic mass is 10.2. The molecule has 0 saturated carbocycles. The van der Waals surface area contributed by atoms with Crippen molar-refractivity contribution < 1.29 is 4.79 Å². The molecule has 0 spiro atoms. The molecule has 0 aliphatic rings. The number of hydrogen-bond acceptors (Lipinski definition) is 5. The number of hydrogen-bond donors (Lipinski definition) is 1. The van der Waals surface area contributed by atoms with Crippen LogP contribution in [0.2, 0.25) is 0 Å². The second kappa shape index (κ2) is 6.07. The molecule has 112 valence electrons. The highest BCUT2D eigenvalue weighted by atomic mass is 16.1. The minimum atomic E-state index is -0.376. The van der Waals surface area contributed by atoms with Crippen molar-refractivity contribution in [3.05, 3.63) is 65.9 Å². The van der Waals surface area contributed by atoms with E-state index in [9.17, 15) is 4.79 Å². The van der Waals surface area contributed by atoms with Crippen LogP contribution in [0.5, 0.6) is 0 Å². The molecule has 1 N–H and O–H groups in total. The molecule has 7 heteroatoms. The van der Waals surface area contributed by atoms with Crippen LogP contribution in [0.3, 0.4) is 0 Å². The average molecular weight is 304 g/mol. The van der Waals surface area contributed by atoms with Gasteiger partial charge in [0.1, 0.15) is 11.8 Å². The molecule has 7 nitrogen and oxygen atoms in total. The molecule has 0 atom stereocenters. The van der Waals surface area contributed by atoms with Crippen LogP contribution in [-0.4, -0.2) is 25.7 Å². The second-order valence-electron chi connectivity index (χ2n) is 4.72. The van der Waals surface area contributed by atoms with Gasteiger partial charge >= 0.3 is 0 Å². The summed E-state index contributed by atoms with van der Waals surface area (Å²) in [5, 5.41) is 15.8. The lowest BCUT2D eigenvalue weighted by Crippen LogP contribution is -2.16. The van der Waals surface area contributed by atoms with E-state index in [1.54, 1.807) is 54.5 Å². The molecule has 0 aliphatic carbocycles. The van der Waals surface area contributed by atoms with E-state index in [4.69, 9.17) is 5.26 Å². The number of aryl methyl sites for hydroxylation is 1. The fraction of sp³-hybridized carbons (Fsp3) is 0.0625. The van der Waals surface area contributed by atoms with Crippen molar-refractivity contribution in [2.45, 2.75) is 6.92 Å². The Morgan fingerprint density at radius 2 is 2.13 bits per heavy atom. The minimum Gasteiger partial charge on any atom is -0.317 e. The summed E-state index contributed by atoms with van der Waals surface area (Å²) in [4.78, 5) is 20.8. The van der Waals surface area contributed by atoms with Crippen molar-refractivity contribution in [2.24, 2.45) is 0 Å². The molecule has 0 radical (unpaired) electrons. The fourth-order valence-corrected chi connectivity index (χ4v) is 2.06. The molecule has 3 heterocycles. The third-order valence-corrected chi connectivity index (χ3v) is 3.20. The van der Waals surface area contributed by atoms with E-state index < -0.39 is 0 Å². The molecule has 0 aliphatic heterocycles. The van der Waals surface area contributed by atoms with Crippen LogP contribution in [0.15, 0.2) is 48.9 Å². The lowest BCUT2D eigenvalue weighted by molar-refractivity contribution is 0.102. The molecule has 1 amide bonds. The number of pyridine rings is 2. The standard InChI is InChI=1S/C16H12N6O/c1-11-12(10-17)5-6-14(20-11)16(23)21-13-4-2-7-18-15(13)22-9-3-8-19-22/h2-9H,1H3,(H,21,23). The Kier molecular flexibility index (Phi) is 3.80. The molecule has 0 aromatic carbocycles. The number of nitrogens with one attached hydrogen (secondary N) is 1. The number of nitrogens with zero attached hydrogens (tertiary/aromatic N) is 5. The van der Waals surface area contributed by atoms with Crippen molar-refractivity contribution in [2.75, 3.05) is 5.32 Å². The maximum absolute atomic E-state index is 12.4. The van der Waals surface area contributed by atoms with Crippen molar-refractivity contribution >= 4 is 11.6 Å². The summed E-state index contributed by atoms with van der Waals surface area (Å²) in [5.41, 5.74) is 1.71. The first kappa shape index (κ1) is 14.4. The predicted octanol–water partition coefficient (Wildman–Crippen LogP) is 2.09. The zero-order valence-corrected chi connectivity index (χ0v) is 12.3. The van der Waals surface area contributed by atoms with Crippen LogP contribution in [0, 0.1) is 18.3 Å². The van der Waals surface area contributed by atoms with Gasteiger partial charge in [0.2, 0.25) is 0 Å². The average Bonchev–Trinajstić information content (AvgIpc) is 3.09. The van der Waals surface area contributed by atoms with Crippen LogP contribution in [-0.2, 0) is 0 Å². The summed E-state index contributed by atoms with van der Waals surface area (Å²) in [5.74, 6) is 0.134. The SMILES string of the molecule is Cc1nc(C(=O)Nc2cccnc2-n2cccn2)ccc1C#N. The number of carbonyl (C=O) groups is 1. The van der Waals surface area contributed by atoms with Gasteiger partial charge in [-0.15, -0.1) is 0 Å². The monoisotopic (exact) mass is 304 g/mol. The summed E-state index contributed by atoms with van der Waals surface area (Å²) < 4.78 is 1.56. The van der Waals surface area contributed by atoms with Gasteiger partial charge in [0, 0.05) is 18.6 Å². The van der Waals surface area contributed by atoms with Gasteiger partial charge in [-0.1, -0.05) is 0 Å². The van der Waals surface area contributed by atoms with Gasteiger partial charge in [0.05, 0.1) is 16.9 Å². The predicted molar refractivity (Wildman–Crippen MR) is 83.0 cm³/mol. The van der Waals surface area contributed by atoms with E-state index in [2.05, 4.69) is 20.4 Å². The van der Waals surface area contributed by atoms with Gasteiger partial charge in [-0.3, -0.25) is 4.79 Å². The topological polar surface area (TPSA) is 96.5 Å². The van der Waals surface area contributed by atoms with E-state index in [0.717, 1.165) is 0 Å². The number of anilines is 1. The van der Waals surface area contributed by atoms with Crippen LogP contribution in [0.1, 0.15) is 21.7 Å². The summed E-state index contributed by atoms with van der Waals surface area (Å²) >= 11 is 0. The third-order valence-electron chi connectivity index (χ3n) is 3.20. The Bertz CT molecular complexity index is 895. The summed E-state index contributed by atoms with van der Waals surface area (Å²) in [6.45, 7) is 1.69. The number of nitriles is 1. The largest absolute Gasteiger partial charge is 0.317 e. The lowest BCUT2D eigenvalue weighted by Gasteiger charge is -2.10. The van der Waals surface area contributed by atoms with Crippen molar-refractivity contribution in [3.63, 3.8) is 0 Å². The Labute approximate surface area is 132 Å². The summed E-state index contributed by atoms with van der Waals surface area (Å²) in [6.07, 6.45) is 4.99. The zero-order valence-electron chi connectivity index (χ0n) is 12.3. The highest BCUT2D eigenvalue weighted by Crippen LogP contribution is 2.17. The zero-order chi connectivity index (χ0) is 16.2. The molecule has 0 fully saturated rings. The number of aromatic nitrogens is 4. The fourth-order valence-electron chi connectivity index (χ4n) is 2.06. The van der Waals surface area contributed by atoms with E-state index >= 15 is 0 Å². The van der Waals surface area contributed by atoms with Crippen LogP contribution in [0.4, 0.5) is 5.69 Å². The Hall–Kier alpha value is -3.53. The molecule has 0 saturated heterocycles. The molecule has 23 heavy (non-hydrogen) atoms. The van der Waals surface area contributed by atoms with Crippen molar-refractivity contribution in [3.8, 4) is 11.9 Å². The molecule has 3 aromatic heterocycles. The maximum atomic E-state index is 12.4. The van der Waals surface area contributed by atoms with E-state index in [1.807, 2.05) is 6.07 Å². The van der Waals surface area contributed by atoms with E-state index in [-0.39, 0.29) is 11.6 Å². The van der Waals surface area contributed by atoms with Crippen LogP contribution < -0.4 is 5.32 Å². The second-order valence-corrected chi connectivity index (χ2v) is 4.72. The molecule has 3 rings (SSSR count). The van der Waals surface area contributed by atoms with Crippen LogP contribution in [0.25, 0.3) is 5.82 Å². The van der Waals surface area contributed by atoms with E-state index in [1.165, 1.54) is 6.07 Å². The first-order valence-corrected chi connectivity index (χ1v) is 6.83. The van der Waals surface area contributed by atoms with Crippen molar-refractivity contribution in [1.29, 1.82) is 5.26 Å². The van der Waals surface area contributed by atoms with Gasteiger partial charge in [0.15, 0.2) is 5.82 Å². The third kappa shape index (κ3) is 2.91. The van der Waals surface area contributed by atoms with Gasteiger partial charge < -0.3 is 5.32 Å². The Morgan fingerprint density at radius 3 is 2.83 bits per heavy atom. The van der Waals surface area contributed by atoms with Gasteiger partial charge in [-0.25, -0.2) is 14.6 Å². The van der Waals surface area contributed by atoms with Gasteiger partial charge in [-0.2, -0.15) is 10.4 Å². The first-order valence-electron chi connectivity index (χ1n) is 6.83. The molecule has 0 bridgehead atoms. The number of amides is 1. The quantitative estimate of drug-likeness (QED) is 0.799. The number of rotatable bonds is 3. The first-order chi connectivity index (χ1) is 11.2. The van der Waals surface area contributed by atoms with Crippen LogP contribution >= 0.6 is 0 Å². The highest BCUT2D eigenvalue weighted by Gasteiger charge is 2.13. The van der Waals surface area contributed by atoms with Crippen molar-refractivity contribution in [1.82, 2.24) is 19.7 Å². The molecular weight excluding hydrogens is 292 g/mol. The smallest absolute Gasteiger partial charge is 0.274 e. The normalized spacial score (nSPS) is 10.1. The molecular formula is C16H12N6O. The Balaban J connectivity index is 1.90. The molecule has 3 aromatic rings. The Morgan fingerprint density at radius 1 is 1.26 bits per heavy atom. The minimum absolute atomic E-state index is 0.233. The molecule has 0 unspecified atom stereocenters. The van der Waals surface area contributed by atoms with E-state index in [0.29, 0.717) is 22.8 Å². The number of carbonyl (C=O) groups excluding carboxylic acids is 1. The van der Waals surface area contributed by atoms with Gasteiger partial charge in [0.25, 0.3) is 5.91 Å². The maximum Gasteiger partial charge on any atom is 0.274 e. The summed E-state index contributed by atoms with van der Waals surface area (Å²) in [7, 11) is 0. The van der Waals surface area contributed by atoms with Gasteiger partial charge in [-0.05, 0) is 37.3 Å².